The second-order valence-corrected chi connectivity index (χ2v) is 4.90. The monoisotopic (exact) mass is 284 g/mol. The lowest BCUT2D eigenvalue weighted by Crippen LogP contribution is -2.23. The molecule has 1 aromatic carbocycles. The number of anilines is 1. The molecule has 0 aliphatic carbocycles. The third-order valence-corrected chi connectivity index (χ3v) is 3.19. The molecule has 2 aromatic rings. The van der Waals surface area contributed by atoms with Crippen molar-refractivity contribution in [2.75, 3.05) is 5.43 Å². The second-order valence-electron chi connectivity index (χ2n) is 4.90. The minimum atomic E-state index is -0.134. The van der Waals surface area contributed by atoms with Crippen molar-refractivity contribution in [2.24, 2.45) is 5.84 Å². The molecule has 0 atom stereocenters. The van der Waals surface area contributed by atoms with Crippen molar-refractivity contribution in [3.8, 4) is 0 Å². The van der Waals surface area contributed by atoms with Gasteiger partial charge >= 0.3 is 0 Å². The number of benzene rings is 1. The summed E-state index contributed by atoms with van der Waals surface area (Å²) in [5.74, 6) is 5.74. The number of hydrogen-bond donors (Lipinski definition) is 3. The number of hydrazine groups is 1. The third kappa shape index (κ3) is 4.03. The number of amides is 1. The summed E-state index contributed by atoms with van der Waals surface area (Å²) < 4.78 is 0. The van der Waals surface area contributed by atoms with E-state index in [0.717, 1.165) is 17.7 Å². The number of nitrogens with two attached hydrogens (primary N) is 1. The van der Waals surface area contributed by atoms with Crippen LogP contribution in [0.4, 0.5) is 5.82 Å². The zero-order chi connectivity index (χ0) is 15.2. The highest BCUT2D eigenvalue weighted by Gasteiger charge is 2.09. The number of aromatic nitrogens is 1. The summed E-state index contributed by atoms with van der Waals surface area (Å²) in [6.07, 6.45) is 0.744. The molecule has 1 aromatic heterocycles. The van der Waals surface area contributed by atoms with Crippen LogP contribution in [-0.4, -0.2) is 10.9 Å². The highest BCUT2D eigenvalue weighted by Crippen LogP contribution is 2.11. The van der Waals surface area contributed by atoms with Crippen molar-refractivity contribution in [3.05, 3.63) is 58.8 Å². The van der Waals surface area contributed by atoms with Crippen molar-refractivity contribution in [3.63, 3.8) is 0 Å². The lowest BCUT2D eigenvalue weighted by molar-refractivity contribution is 0.0950. The van der Waals surface area contributed by atoms with Crippen LogP contribution in [0.2, 0.25) is 0 Å². The Hall–Kier alpha value is -2.40. The highest BCUT2D eigenvalue weighted by molar-refractivity contribution is 5.94. The molecular formula is C16H20N4O. The van der Waals surface area contributed by atoms with Gasteiger partial charge < -0.3 is 10.7 Å². The minimum Gasteiger partial charge on any atom is -0.348 e. The van der Waals surface area contributed by atoms with Crippen LogP contribution < -0.4 is 16.6 Å². The maximum Gasteiger partial charge on any atom is 0.251 e. The first-order valence-electron chi connectivity index (χ1n) is 6.93. The molecule has 0 aliphatic rings. The fourth-order valence-electron chi connectivity index (χ4n) is 2.08. The van der Waals surface area contributed by atoms with E-state index < -0.39 is 0 Å². The molecular weight excluding hydrogens is 264 g/mol. The number of nitrogen functional groups attached to an aromatic ring is 1. The van der Waals surface area contributed by atoms with E-state index in [1.165, 1.54) is 5.56 Å². The van der Waals surface area contributed by atoms with Crippen molar-refractivity contribution in [1.82, 2.24) is 10.3 Å². The number of nitrogens with one attached hydrogen (secondary N) is 2. The maximum atomic E-state index is 12.2. The van der Waals surface area contributed by atoms with Crippen LogP contribution in [0, 0.1) is 6.92 Å². The van der Waals surface area contributed by atoms with Gasteiger partial charge in [-0.2, -0.15) is 0 Å². The Morgan fingerprint density at radius 2 is 2.10 bits per heavy atom. The fraction of sp³-hybridized carbons (Fsp3) is 0.250. The number of carbonyl (C=O) groups is 1. The average Bonchev–Trinajstić information content (AvgIpc) is 2.52. The third-order valence-electron chi connectivity index (χ3n) is 3.19. The van der Waals surface area contributed by atoms with Gasteiger partial charge in [-0.05, 0) is 31.0 Å². The van der Waals surface area contributed by atoms with E-state index in [4.69, 9.17) is 5.84 Å². The maximum absolute atomic E-state index is 12.2. The van der Waals surface area contributed by atoms with Crippen LogP contribution in [0.15, 0.2) is 36.4 Å². The van der Waals surface area contributed by atoms with Crippen molar-refractivity contribution in [1.29, 1.82) is 0 Å². The van der Waals surface area contributed by atoms with Gasteiger partial charge in [0.2, 0.25) is 0 Å². The van der Waals surface area contributed by atoms with Crippen LogP contribution in [0.25, 0.3) is 0 Å². The average molecular weight is 284 g/mol. The van der Waals surface area contributed by atoms with Gasteiger partial charge in [-0.1, -0.05) is 36.8 Å². The van der Waals surface area contributed by atoms with Gasteiger partial charge in [0.15, 0.2) is 0 Å². The summed E-state index contributed by atoms with van der Waals surface area (Å²) in [6, 6.07) is 11.5. The lowest BCUT2D eigenvalue weighted by atomic mass is 10.1. The van der Waals surface area contributed by atoms with Crippen LogP contribution in [-0.2, 0) is 13.0 Å². The molecule has 5 nitrogen and oxygen atoms in total. The van der Waals surface area contributed by atoms with E-state index in [1.54, 1.807) is 12.1 Å². The van der Waals surface area contributed by atoms with Crippen LogP contribution in [0.5, 0.6) is 0 Å². The predicted molar refractivity (Wildman–Crippen MR) is 83.8 cm³/mol. The van der Waals surface area contributed by atoms with Crippen molar-refractivity contribution in [2.45, 2.75) is 26.8 Å². The zero-order valence-corrected chi connectivity index (χ0v) is 12.3. The fourth-order valence-corrected chi connectivity index (χ4v) is 2.08. The molecule has 0 radical (unpaired) electrons. The smallest absolute Gasteiger partial charge is 0.251 e. The minimum absolute atomic E-state index is 0.134. The summed E-state index contributed by atoms with van der Waals surface area (Å²) in [6.45, 7) is 4.51. The molecule has 2 rings (SSSR count). The number of carbonyl (C=O) groups excluding carboxylic acids is 1. The van der Waals surface area contributed by atoms with Crippen LogP contribution >= 0.6 is 0 Å². The van der Waals surface area contributed by atoms with Crippen LogP contribution in [0.1, 0.15) is 34.1 Å². The van der Waals surface area contributed by atoms with Gasteiger partial charge in [-0.25, -0.2) is 10.8 Å². The Bertz CT molecular complexity index is 618. The summed E-state index contributed by atoms with van der Waals surface area (Å²) in [5.41, 5.74) is 6.12. The topological polar surface area (TPSA) is 80.0 Å². The Morgan fingerprint density at radius 1 is 1.29 bits per heavy atom. The SMILES string of the molecule is CCc1cc(C(=O)NCc2cccc(C)c2)cc(NN)n1. The number of aryl methyl sites for hydroxylation is 2. The Morgan fingerprint density at radius 3 is 2.76 bits per heavy atom. The number of hydrogen-bond acceptors (Lipinski definition) is 4. The Kier molecular flexibility index (Phi) is 4.90. The molecule has 1 amide bonds. The summed E-state index contributed by atoms with van der Waals surface area (Å²) in [4.78, 5) is 16.5. The first-order valence-corrected chi connectivity index (χ1v) is 6.93. The van der Waals surface area contributed by atoms with E-state index in [0.29, 0.717) is 17.9 Å². The molecule has 110 valence electrons. The molecule has 0 saturated carbocycles. The largest absolute Gasteiger partial charge is 0.348 e. The molecule has 0 saturated heterocycles. The Balaban J connectivity index is 2.09. The van der Waals surface area contributed by atoms with Gasteiger partial charge in [-0.15, -0.1) is 0 Å². The standard InChI is InChI=1S/C16H20N4O/c1-3-14-8-13(9-15(19-14)20-17)16(21)18-10-12-6-4-5-11(2)7-12/h4-9H,3,10,17H2,1-2H3,(H,18,21)(H,19,20). The lowest BCUT2D eigenvalue weighted by Gasteiger charge is -2.09. The van der Waals surface area contributed by atoms with Crippen LogP contribution in [0.3, 0.4) is 0 Å². The zero-order valence-electron chi connectivity index (χ0n) is 12.3. The molecule has 0 aliphatic heterocycles. The van der Waals surface area contributed by atoms with E-state index in [2.05, 4.69) is 21.8 Å². The quantitative estimate of drug-likeness (QED) is 0.580. The predicted octanol–water partition coefficient (Wildman–Crippen LogP) is 2.17. The molecule has 0 spiro atoms. The summed E-state index contributed by atoms with van der Waals surface area (Å²) >= 11 is 0. The van der Waals surface area contributed by atoms with Gasteiger partial charge in [-0.3, -0.25) is 4.79 Å². The van der Waals surface area contributed by atoms with E-state index in [-0.39, 0.29) is 5.91 Å². The number of nitrogens with zero attached hydrogens (tertiary/aromatic N) is 1. The molecule has 5 heteroatoms. The highest BCUT2D eigenvalue weighted by atomic mass is 16.1. The van der Waals surface area contributed by atoms with Crippen molar-refractivity contribution < 1.29 is 4.79 Å². The molecule has 4 N–H and O–H groups in total. The van der Waals surface area contributed by atoms with E-state index in [9.17, 15) is 4.79 Å². The van der Waals surface area contributed by atoms with Gasteiger partial charge in [0, 0.05) is 17.8 Å². The molecule has 0 fully saturated rings. The summed E-state index contributed by atoms with van der Waals surface area (Å²) in [5, 5.41) is 2.91. The molecule has 1 heterocycles. The number of pyridine rings is 1. The van der Waals surface area contributed by atoms with Gasteiger partial charge in [0.05, 0.1) is 0 Å². The molecule has 0 bridgehead atoms. The van der Waals surface area contributed by atoms with E-state index >= 15 is 0 Å². The number of rotatable bonds is 5. The van der Waals surface area contributed by atoms with Crippen molar-refractivity contribution >= 4 is 11.7 Å². The second kappa shape index (κ2) is 6.85. The van der Waals surface area contributed by atoms with E-state index in [1.807, 2.05) is 32.0 Å². The van der Waals surface area contributed by atoms with Gasteiger partial charge in [0.1, 0.15) is 5.82 Å². The Labute approximate surface area is 124 Å². The molecule has 21 heavy (non-hydrogen) atoms. The first kappa shape index (κ1) is 15.0. The normalized spacial score (nSPS) is 10.2. The summed E-state index contributed by atoms with van der Waals surface area (Å²) in [7, 11) is 0. The van der Waals surface area contributed by atoms with Gasteiger partial charge in [0.25, 0.3) is 5.91 Å². The molecule has 0 unspecified atom stereocenters. The first-order chi connectivity index (χ1) is 10.1.